The average molecular weight is 343 g/mol. The maximum Gasteiger partial charge on any atom is 0.274 e. The topological polar surface area (TPSA) is 59.3 Å². The minimum atomic E-state index is -0.341. The number of aromatic nitrogens is 3. The Labute approximate surface area is 145 Å². The Bertz CT molecular complexity index is 924. The third kappa shape index (κ3) is 3.26. The number of rotatable bonds is 2. The van der Waals surface area contributed by atoms with Gasteiger partial charge in [0.2, 0.25) is 0 Å². The highest BCUT2D eigenvalue weighted by atomic mass is 35.5. The van der Waals surface area contributed by atoms with Crippen molar-refractivity contribution in [2.75, 3.05) is 0 Å². The SMILES string of the molecule is Cc1cc(-c2cccc(Cl)c2)nc2c(C(=O)NC(C)(C)C)ncn12. The molecule has 0 unspecified atom stereocenters. The number of imidazole rings is 1. The van der Waals surface area contributed by atoms with Crippen LogP contribution in [0.5, 0.6) is 0 Å². The summed E-state index contributed by atoms with van der Waals surface area (Å²) in [5, 5.41) is 3.57. The molecule has 0 saturated heterocycles. The van der Waals surface area contributed by atoms with Gasteiger partial charge in [-0.05, 0) is 45.9 Å². The van der Waals surface area contributed by atoms with E-state index >= 15 is 0 Å². The van der Waals surface area contributed by atoms with Crippen LogP contribution in [0.1, 0.15) is 37.0 Å². The van der Waals surface area contributed by atoms with Crippen LogP contribution in [-0.2, 0) is 0 Å². The maximum atomic E-state index is 12.5. The lowest BCUT2D eigenvalue weighted by atomic mass is 10.1. The molecular weight excluding hydrogens is 324 g/mol. The summed E-state index contributed by atoms with van der Waals surface area (Å²) in [5.74, 6) is -0.236. The van der Waals surface area contributed by atoms with Crippen LogP contribution in [0.4, 0.5) is 0 Å². The second-order valence-corrected chi connectivity index (χ2v) is 7.22. The molecule has 0 aliphatic heterocycles. The number of hydrogen-bond acceptors (Lipinski definition) is 3. The van der Waals surface area contributed by atoms with Gasteiger partial charge in [-0.3, -0.25) is 9.20 Å². The molecule has 24 heavy (non-hydrogen) atoms. The van der Waals surface area contributed by atoms with Crippen LogP contribution in [0.15, 0.2) is 36.7 Å². The van der Waals surface area contributed by atoms with Crippen molar-refractivity contribution in [3.8, 4) is 11.3 Å². The van der Waals surface area contributed by atoms with Gasteiger partial charge in [-0.1, -0.05) is 23.7 Å². The van der Waals surface area contributed by atoms with Crippen molar-refractivity contribution in [3.63, 3.8) is 0 Å². The highest BCUT2D eigenvalue weighted by molar-refractivity contribution is 6.30. The summed E-state index contributed by atoms with van der Waals surface area (Å²) >= 11 is 6.08. The number of aryl methyl sites for hydroxylation is 1. The van der Waals surface area contributed by atoms with E-state index in [9.17, 15) is 4.79 Å². The van der Waals surface area contributed by atoms with Crippen molar-refractivity contribution in [1.29, 1.82) is 0 Å². The zero-order valence-corrected chi connectivity index (χ0v) is 14.8. The molecule has 3 aromatic rings. The molecule has 0 radical (unpaired) electrons. The minimum absolute atomic E-state index is 0.236. The Morgan fingerprint density at radius 1 is 1.25 bits per heavy atom. The number of hydrogen-bond donors (Lipinski definition) is 1. The van der Waals surface area contributed by atoms with Gasteiger partial charge >= 0.3 is 0 Å². The van der Waals surface area contributed by atoms with Crippen molar-refractivity contribution in [3.05, 3.63) is 53.1 Å². The van der Waals surface area contributed by atoms with Gasteiger partial charge in [0.15, 0.2) is 11.3 Å². The molecule has 6 heteroatoms. The zero-order valence-electron chi connectivity index (χ0n) is 14.1. The number of amides is 1. The zero-order chi connectivity index (χ0) is 17.5. The van der Waals surface area contributed by atoms with E-state index in [1.54, 1.807) is 6.33 Å². The van der Waals surface area contributed by atoms with Crippen LogP contribution >= 0.6 is 11.6 Å². The van der Waals surface area contributed by atoms with E-state index in [2.05, 4.69) is 15.3 Å². The molecule has 3 rings (SSSR count). The molecule has 0 bridgehead atoms. The lowest BCUT2D eigenvalue weighted by molar-refractivity contribution is 0.0916. The summed E-state index contributed by atoms with van der Waals surface area (Å²) in [6.45, 7) is 7.74. The molecule has 2 heterocycles. The van der Waals surface area contributed by atoms with E-state index < -0.39 is 0 Å². The molecule has 2 aromatic heterocycles. The Balaban J connectivity index is 2.12. The average Bonchev–Trinajstić information content (AvgIpc) is 2.90. The van der Waals surface area contributed by atoms with Crippen LogP contribution in [-0.4, -0.2) is 25.8 Å². The van der Waals surface area contributed by atoms with E-state index in [4.69, 9.17) is 11.6 Å². The number of nitrogens with one attached hydrogen (secondary N) is 1. The van der Waals surface area contributed by atoms with Crippen LogP contribution in [0.25, 0.3) is 16.9 Å². The van der Waals surface area contributed by atoms with Crippen molar-refractivity contribution >= 4 is 23.2 Å². The predicted octanol–water partition coefficient (Wildman–Crippen LogP) is 3.89. The van der Waals surface area contributed by atoms with Crippen LogP contribution in [0, 0.1) is 6.92 Å². The van der Waals surface area contributed by atoms with Gasteiger partial charge in [0.1, 0.15) is 6.33 Å². The molecule has 1 aromatic carbocycles. The first kappa shape index (κ1) is 16.5. The van der Waals surface area contributed by atoms with Gasteiger partial charge in [0, 0.05) is 21.8 Å². The van der Waals surface area contributed by atoms with Gasteiger partial charge in [-0.15, -0.1) is 0 Å². The molecule has 0 saturated carbocycles. The lowest BCUT2D eigenvalue weighted by Gasteiger charge is -2.19. The second-order valence-electron chi connectivity index (χ2n) is 6.78. The van der Waals surface area contributed by atoms with E-state index in [0.29, 0.717) is 16.4 Å². The monoisotopic (exact) mass is 342 g/mol. The smallest absolute Gasteiger partial charge is 0.274 e. The van der Waals surface area contributed by atoms with Crippen LogP contribution in [0.3, 0.4) is 0 Å². The molecule has 124 valence electrons. The van der Waals surface area contributed by atoms with Gasteiger partial charge in [-0.25, -0.2) is 9.97 Å². The largest absolute Gasteiger partial charge is 0.346 e. The summed E-state index contributed by atoms with van der Waals surface area (Å²) in [6.07, 6.45) is 1.62. The number of nitrogens with zero attached hydrogens (tertiary/aromatic N) is 3. The standard InChI is InChI=1S/C18H19ClN4O/c1-11-8-14(12-6-5-7-13(19)9-12)21-16-15(20-10-23(11)16)17(24)22-18(2,3)4/h5-10H,1-4H3,(H,22,24). The fraction of sp³-hybridized carbons (Fsp3) is 0.278. The molecule has 1 N–H and O–H groups in total. The van der Waals surface area contributed by atoms with E-state index in [0.717, 1.165) is 17.0 Å². The molecule has 0 atom stereocenters. The van der Waals surface area contributed by atoms with E-state index in [-0.39, 0.29) is 11.4 Å². The summed E-state index contributed by atoms with van der Waals surface area (Å²) in [5.41, 5.74) is 3.11. The summed E-state index contributed by atoms with van der Waals surface area (Å²) in [7, 11) is 0. The molecule has 0 aliphatic rings. The predicted molar refractivity (Wildman–Crippen MR) is 95.4 cm³/mol. The maximum absolute atomic E-state index is 12.5. The van der Waals surface area contributed by atoms with Gasteiger partial charge in [-0.2, -0.15) is 0 Å². The number of fused-ring (bicyclic) bond motifs is 1. The summed E-state index contributed by atoms with van der Waals surface area (Å²) < 4.78 is 1.81. The Hall–Kier alpha value is -2.40. The Kier molecular flexibility index (Phi) is 4.05. The minimum Gasteiger partial charge on any atom is -0.346 e. The molecular formula is C18H19ClN4O. The van der Waals surface area contributed by atoms with Crippen molar-refractivity contribution in [2.45, 2.75) is 33.2 Å². The van der Waals surface area contributed by atoms with Crippen molar-refractivity contribution in [1.82, 2.24) is 19.7 Å². The summed E-state index contributed by atoms with van der Waals surface area (Å²) in [4.78, 5) is 21.4. The van der Waals surface area contributed by atoms with E-state index in [1.165, 1.54) is 0 Å². The fourth-order valence-corrected chi connectivity index (χ4v) is 2.67. The number of carbonyl (C=O) groups is 1. The van der Waals surface area contributed by atoms with E-state index in [1.807, 2.05) is 62.4 Å². The quantitative estimate of drug-likeness (QED) is 0.768. The highest BCUT2D eigenvalue weighted by Crippen LogP contribution is 2.23. The van der Waals surface area contributed by atoms with Crippen molar-refractivity contribution in [2.24, 2.45) is 0 Å². The normalized spacial score (nSPS) is 11.7. The third-order valence-electron chi connectivity index (χ3n) is 3.52. The first-order valence-electron chi connectivity index (χ1n) is 7.68. The second kappa shape index (κ2) is 5.91. The fourth-order valence-electron chi connectivity index (χ4n) is 2.48. The molecule has 5 nitrogen and oxygen atoms in total. The number of halogens is 1. The molecule has 0 aliphatic carbocycles. The first-order chi connectivity index (χ1) is 11.2. The van der Waals surface area contributed by atoms with Gasteiger partial charge < -0.3 is 5.32 Å². The van der Waals surface area contributed by atoms with Gasteiger partial charge in [0.25, 0.3) is 5.91 Å². The Morgan fingerprint density at radius 3 is 2.67 bits per heavy atom. The van der Waals surface area contributed by atoms with Gasteiger partial charge in [0.05, 0.1) is 5.69 Å². The Morgan fingerprint density at radius 2 is 2.00 bits per heavy atom. The third-order valence-corrected chi connectivity index (χ3v) is 3.75. The van der Waals surface area contributed by atoms with Crippen LogP contribution in [0.2, 0.25) is 5.02 Å². The number of benzene rings is 1. The highest BCUT2D eigenvalue weighted by Gasteiger charge is 2.21. The number of carbonyl (C=O) groups excluding carboxylic acids is 1. The molecule has 0 spiro atoms. The lowest BCUT2D eigenvalue weighted by Crippen LogP contribution is -2.40. The first-order valence-corrected chi connectivity index (χ1v) is 8.05. The van der Waals surface area contributed by atoms with Crippen molar-refractivity contribution < 1.29 is 4.79 Å². The van der Waals surface area contributed by atoms with Crippen LogP contribution < -0.4 is 5.32 Å². The summed E-state index contributed by atoms with van der Waals surface area (Å²) in [6, 6.07) is 9.44. The molecule has 1 amide bonds. The molecule has 0 fully saturated rings.